The van der Waals surface area contributed by atoms with Gasteiger partial charge in [-0.2, -0.15) is 0 Å². The molecule has 0 saturated heterocycles. The van der Waals surface area contributed by atoms with Gasteiger partial charge in [0.1, 0.15) is 0 Å². The average molecular weight is 319 g/mol. The van der Waals surface area contributed by atoms with E-state index in [9.17, 15) is 4.79 Å². The minimum Gasteiger partial charge on any atom is -0.378 e. The molecule has 1 aromatic rings. The fourth-order valence-corrected chi connectivity index (χ4v) is 3.96. The molecule has 0 spiro atoms. The molecule has 2 nitrogen and oxygen atoms in total. The monoisotopic (exact) mass is 319 g/mol. The normalized spacial score (nSPS) is 16.7. The molecule has 1 aliphatic rings. The van der Waals surface area contributed by atoms with Crippen molar-refractivity contribution >= 4 is 41.1 Å². The number of thioether (sulfide) groups is 2. The fourth-order valence-electron chi connectivity index (χ4n) is 2.41. The first-order chi connectivity index (χ1) is 10.1. The molecular formula is C17H21NOS2. The second-order valence-corrected chi connectivity index (χ2v) is 7.05. The van der Waals surface area contributed by atoms with Crippen molar-refractivity contribution in [3.8, 4) is 0 Å². The Bertz CT molecular complexity index is 579. The molecule has 0 amide bonds. The van der Waals surface area contributed by atoms with Gasteiger partial charge in [0.25, 0.3) is 0 Å². The summed E-state index contributed by atoms with van der Waals surface area (Å²) >= 11 is 3.35. The summed E-state index contributed by atoms with van der Waals surface area (Å²) in [5.74, 6) is 0.227. The zero-order chi connectivity index (χ0) is 15.4. The number of carbonyl (C=O) groups is 1. The highest BCUT2D eigenvalue weighted by molar-refractivity contribution is 8.21. The number of nitrogens with zero attached hydrogens (tertiary/aromatic N) is 1. The summed E-state index contributed by atoms with van der Waals surface area (Å²) in [5.41, 5.74) is 4.19. The van der Waals surface area contributed by atoms with E-state index in [0.717, 1.165) is 33.8 Å². The van der Waals surface area contributed by atoms with Crippen LogP contribution in [0.2, 0.25) is 0 Å². The molecule has 0 N–H and O–H groups in total. The molecule has 0 bridgehead atoms. The van der Waals surface area contributed by atoms with Crippen molar-refractivity contribution in [1.29, 1.82) is 0 Å². The summed E-state index contributed by atoms with van der Waals surface area (Å²) in [6.07, 6.45) is 7.83. The Balaban J connectivity index is 2.23. The first-order valence-corrected chi connectivity index (χ1v) is 9.35. The summed E-state index contributed by atoms with van der Waals surface area (Å²) in [6.45, 7) is 0. The highest BCUT2D eigenvalue weighted by atomic mass is 32.2. The molecule has 1 saturated carbocycles. The maximum absolute atomic E-state index is 12.5. The van der Waals surface area contributed by atoms with E-state index in [2.05, 4.69) is 29.2 Å². The number of Topliss-reactive ketones (excluding diaryl/α,β-unsaturated/α-hetero) is 1. The van der Waals surface area contributed by atoms with Gasteiger partial charge in [-0.05, 0) is 49.1 Å². The van der Waals surface area contributed by atoms with Crippen molar-refractivity contribution in [3.63, 3.8) is 0 Å². The van der Waals surface area contributed by atoms with Crippen molar-refractivity contribution in [1.82, 2.24) is 0 Å². The third-order valence-electron chi connectivity index (χ3n) is 3.58. The van der Waals surface area contributed by atoms with E-state index >= 15 is 0 Å². The maximum atomic E-state index is 12.5. The van der Waals surface area contributed by atoms with Crippen LogP contribution in [-0.4, -0.2) is 32.4 Å². The number of ketones is 1. The van der Waals surface area contributed by atoms with Crippen molar-refractivity contribution in [2.24, 2.45) is 0 Å². The van der Waals surface area contributed by atoms with Crippen LogP contribution in [0.1, 0.15) is 18.4 Å². The smallest absolute Gasteiger partial charge is 0.186 e. The number of hydrogen-bond donors (Lipinski definition) is 0. The summed E-state index contributed by atoms with van der Waals surface area (Å²) < 4.78 is 1.16. The topological polar surface area (TPSA) is 20.3 Å². The van der Waals surface area contributed by atoms with Gasteiger partial charge in [-0.3, -0.25) is 4.79 Å². The molecule has 0 heterocycles. The van der Waals surface area contributed by atoms with Crippen LogP contribution in [0.3, 0.4) is 0 Å². The van der Waals surface area contributed by atoms with Gasteiger partial charge in [0.05, 0.1) is 0 Å². The van der Waals surface area contributed by atoms with Crippen LogP contribution in [0.5, 0.6) is 0 Å². The molecule has 1 aromatic carbocycles. The van der Waals surface area contributed by atoms with Crippen LogP contribution >= 0.6 is 23.5 Å². The summed E-state index contributed by atoms with van der Waals surface area (Å²) in [6, 6.07) is 8.30. The van der Waals surface area contributed by atoms with Crippen LogP contribution in [0.4, 0.5) is 5.69 Å². The van der Waals surface area contributed by atoms with Crippen LogP contribution in [0.15, 0.2) is 39.6 Å². The van der Waals surface area contributed by atoms with Crippen molar-refractivity contribution < 1.29 is 4.79 Å². The minimum atomic E-state index is 0.227. The molecule has 0 atom stereocenters. The first-order valence-electron chi connectivity index (χ1n) is 6.90. The Morgan fingerprint density at radius 3 is 2.24 bits per heavy atom. The van der Waals surface area contributed by atoms with Crippen LogP contribution in [0.25, 0.3) is 6.08 Å². The molecule has 0 aliphatic heterocycles. The number of carbonyl (C=O) groups excluding carboxylic acids is 1. The molecule has 1 fully saturated rings. The standard InChI is InChI=1S/C17H21NOS2/c1-18(2)14-8-5-12(6-9-14)11-13-7-10-15(16(13)19)17(20-3)21-4/h5-6,8-9,11H,7,10H2,1-4H3/b13-11+. The number of hydrogen-bond acceptors (Lipinski definition) is 4. The molecule has 4 heteroatoms. The van der Waals surface area contributed by atoms with E-state index in [1.165, 1.54) is 5.69 Å². The summed E-state index contributed by atoms with van der Waals surface area (Å²) in [7, 11) is 4.05. The highest BCUT2D eigenvalue weighted by Crippen LogP contribution is 2.37. The minimum absolute atomic E-state index is 0.227. The predicted molar refractivity (Wildman–Crippen MR) is 97.0 cm³/mol. The lowest BCUT2D eigenvalue weighted by Gasteiger charge is -2.11. The van der Waals surface area contributed by atoms with Gasteiger partial charge in [0.15, 0.2) is 5.78 Å². The van der Waals surface area contributed by atoms with Crippen molar-refractivity contribution in [3.05, 3.63) is 45.2 Å². The lowest BCUT2D eigenvalue weighted by Crippen LogP contribution is -2.07. The zero-order valence-corrected chi connectivity index (χ0v) is 14.6. The molecule has 2 rings (SSSR count). The largest absolute Gasteiger partial charge is 0.378 e. The molecule has 0 radical (unpaired) electrons. The molecule has 0 unspecified atom stereocenters. The van der Waals surface area contributed by atoms with Crippen molar-refractivity contribution in [2.45, 2.75) is 12.8 Å². The second-order valence-electron chi connectivity index (χ2n) is 5.16. The molecule has 21 heavy (non-hydrogen) atoms. The van der Waals surface area contributed by atoms with E-state index in [0.29, 0.717) is 0 Å². The molecule has 112 valence electrons. The van der Waals surface area contributed by atoms with Gasteiger partial charge in [-0.15, -0.1) is 23.5 Å². The Labute approximate surface area is 135 Å². The van der Waals surface area contributed by atoms with Crippen molar-refractivity contribution in [2.75, 3.05) is 31.5 Å². The molecule has 0 aromatic heterocycles. The van der Waals surface area contributed by atoms with Gasteiger partial charge in [-0.1, -0.05) is 12.1 Å². The van der Waals surface area contributed by atoms with Gasteiger partial charge < -0.3 is 4.90 Å². The maximum Gasteiger partial charge on any atom is 0.186 e. The SMILES string of the molecule is CSC(SC)=C1CC/C(=C\c2ccc(N(C)C)cc2)C1=O. The van der Waals surface area contributed by atoms with Crippen LogP contribution in [0, 0.1) is 0 Å². The zero-order valence-electron chi connectivity index (χ0n) is 13.0. The third-order valence-corrected chi connectivity index (χ3v) is 5.81. The highest BCUT2D eigenvalue weighted by Gasteiger charge is 2.25. The molecule has 1 aliphatic carbocycles. The fraction of sp³-hybridized carbons (Fsp3) is 0.353. The Morgan fingerprint density at radius 2 is 1.71 bits per heavy atom. The summed E-state index contributed by atoms with van der Waals surface area (Å²) in [5, 5.41) is 0. The Hall–Kier alpha value is -1.13. The Kier molecular flexibility index (Phi) is 5.59. The van der Waals surface area contributed by atoms with E-state index < -0.39 is 0 Å². The van der Waals surface area contributed by atoms with E-state index in [1.54, 1.807) is 23.5 Å². The quantitative estimate of drug-likeness (QED) is 0.764. The van der Waals surface area contributed by atoms with E-state index in [4.69, 9.17) is 0 Å². The lowest BCUT2D eigenvalue weighted by atomic mass is 10.1. The Morgan fingerprint density at radius 1 is 1.10 bits per heavy atom. The average Bonchev–Trinajstić information content (AvgIpc) is 2.83. The lowest BCUT2D eigenvalue weighted by molar-refractivity contribution is -0.111. The predicted octanol–water partition coefficient (Wildman–Crippen LogP) is 4.44. The number of benzene rings is 1. The van der Waals surface area contributed by atoms with Crippen LogP contribution in [-0.2, 0) is 4.79 Å². The second kappa shape index (κ2) is 7.23. The van der Waals surface area contributed by atoms with Gasteiger partial charge in [-0.25, -0.2) is 0 Å². The van der Waals surface area contributed by atoms with E-state index in [1.807, 2.05) is 32.7 Å². The third kappa shape index (κ3) is 3.74. The first kappa shape index (κ1) is 16.2. The molecular weight excluding hydrogens is 298 g/mol. The number of allylic oxidation sites excluding steroid dienone is 2. The van der Waals surface area contributed by atoms with Gasteiger partial charge in [0, 0.05) is 35.2 Å². The number of anilines is 1. The van der Waals surface area contributed by atoms with Gasteiger partial charge in [0.2, 0.25) is 0 Å². The number of rotatable bonds is 4. The van der Waals surface area contributed by atoms with Crippen LogP contribution < -0.4 is 4.90 Å². The van der Waals surface area contributed by atoms with E-state index in [-0.39, 0.29) is 5.78 Å². The summed E-state index contributed by atoms with van der Waals surface area (Å²) in [4.78, 5) is 14.6. The van der Waals surface area contributed by atoms with Gasteiger partial charge >= 0.3 is 0 Å².